The maximum absolute atomic E-state index is 6.14. The zero-order chi connectivity index (χ0) is 12.6. The summed E-state index contributed by atoms with van der Waals surface area (Å²) in [4.78, 5) is 10.5. The summed E-state index contributed by atoms with van der Waals surface area (Å²) in [6.45, 7) is 9.22. The predicted octanol–water partition coefficient (Wildman–Crippen LogP) is 2.32. The van der Waals surface area contributed by atoms with Crippen molar-refractivity contribution < 1.29 is 0 Å². The molecule has 17 heavy (non-hydrogen) atoms. The topological polar surface area (TPSA) is 46.3 Å². The first-order chi connectivity index (χ1) is 8.06. The molecular weight excluding hydrogens is 238 g/mol. The molecule has 0 aliphatic carbocycles. The maximum atomic E-state index is 6.14. The van der Waals surface area contributed by atoms with Crippen LogP contribution in [0.25, 0.3) is 5.78 Å². The van der Waals surface area contributed by atoms with Crippen LogP contribution < -0.4 is 4.90 Å². The van der Waals surface area contributed by atoms with Gasteiger partial charge in [0, 0.05) is 18.2 Å². The molecule has 92 valence electrons. The second kappa shape index (κ2) is 4.49. The van der Waals surface area contributed by atoms with E-state index in [4.69, 9.17) is 11.6 Å². The molecule has 0 aromatic carbocycles. The summed E-state index contributed by atoms with van der Waals surface area (Å²) in [5.74, 6) is 1.50. The van der Waals surface area contributed by atoms with Gasteiger partial charge in [0.1, 0.15) is 17.3 Å². The Morgan fingerprint density at radius 2 is 2.18 bits per heavy atom. The van der Waals surface area contributed by atoms with Crippen LogP contribution in [0.2, 0.25) is 5.15 Å². The lowest BCUT2D eigenvalue weighted by molar-refractivity contribution is 0.674. The number of hydrogen-bond acceptors (Lipinski definition) is 4. The molecule has 0 spiro atoms. The molecule has 2 rings (SSSR count). The van der Waals surface area contributed by atoms with Crippen LogP contribution in [0.3, 0.4) is 0 Å². The van der Waals surface area contributed by atoms with Crippen molar-refractivity contribution in [2.75, 3.05) is 11.4 Å². The van der Waals surface area contributed by atoms with Crippen LogP contribution in [0.4, 0.5) is 5.82 Å². The summed E-state index contributed by atoms with van der Waals surface area (Å²) < 4.78 is 1.74. The Balaban J connectivity index is 2.72. The maximum Gasteiger partial charge on any atom is 0.255 e. The van der Waals surface area contributed by atoms with Crippen LogP contribution >= 0.6 is 11.6 Å². The van der Waals surface area contributed by atoms with Crippen molar-refractivity contribution in [2.45, 2.75) is 33.7 Å². The largest absolute Gasteiger partial charge is 0.354 e. The monoisotopic (exact) mass is 253 g/mol. The number of halogens is 1. The molecule has 0 saturated carbocycles. The lowest BCUT2D eigenvalue weighted by Gasteiger charge is -2.29. The summed E-state index contributed by atoms with van der Waals surface area (Å²) in [5, 5.41) is 4.70. The van der Waals surface area contributed by atoms with Gasteiger partial charge in [-0.15, -0.1) is 0 Å². The van der Waals surface area contributed by atoms with Crippen molar-refractivity contribution in [1.29, 1.82) is 0 Å². The first kappa shape index (κ1) is 12.1. The van der Waals surface area contributed by atoms with Crippen molar-refractivity contribution >= 4 is 23.2 Å². The van der Waals surface area contributed by atoms with Crippen LogP contribution in [-0.4, -0.2) is 32.2 Å². The van der Waals surface area contributed by atoms with E-state index >= 15 is 0 Å². The Morgan fingerprint density at radius 3 is 2.76 bits per heavy atom. The van der Waals surface area contributed by atoms with Gasteiger partial charge in [0.05, 0.1) is 0 Å². The highest BCUT2D eigenvalue weighted by molar-refractivity contribution is 6.30. The van der Waals surface area contributed by atoms with Crippen molar-refractivity contribution in [3.63, 3.8) is 0 Å². The van der Waals surface area contributed by atoms with Crippen LogP contribution in [0.1, 0.15) is 26.3 Å². The first-order valence-corrected chi connectivity index (χ1v) is 6.06. The van der Waals surface area contributed by atoms with Gasteiger partial charge in [-0.3, -0.25) is 0 Å². The second-order valence-electron chi connectivity index (χ2n) is 4.20. The number of fused-ring (bicyclic) bond motifs is 1. The van der Waals surface area contributed by atoms with Gasteiger partial charge >= 0.3 is 0 Å². The Kier molecular flexibility index (Phi) is 3.19. The van der Waals surface area contributed by atoms with Crippen molar-refractivity contribution in [3.8, 4) is 0 Å². The van der Waals surface area contributed by atoms with E-state index in [1.165, 1.54) is 6.33 Å². The minimum absolute atomic E-state index is 0.365. The third-order valence-electron chi connectivity index (χ3n) is 2.81. The molecule has 0 N–H and O–H groups in total. The zero-order valence-corrected chi connectivity index (χ0v) is 11.2. The zero-order valence-electron chi connectivity index (χ0n) is 10.5. The fourth-order valence-electron chi connectivity index (χ4n) is 1.98. The third kappa shape index (κ3) is 1.95. The number of aromatic nitrogens is 4. The Hall–Kier alpha value is -1.36. The van der Waals surface area contributed by atoms with Crippen molar-refractivity contribution in [3.05, 3.63) is 17.0 Å². The van der Waals surface area contributed by atoms with Crippen LogP contribution in [0.15, 0.2) is 6.33 Å². The van der Waals surface area contributed by atoms with Crippen molar-refractivity contribution in [2.24, 2.45) is 0 Å². The molecule has 0 amide bonds. The molecule has 0 atom stereocenters. The summed E-state index contributed by atoms with van der Waals surface area (Å²) in [6, 6.07) is 0.365. The van der Waals surface area contributed by atoms with Gasteiger partial charge in [-0.2, -0.15) is 19.6 Å². The van der Waals surface area contributed by atoms with Gasteiger partial charge in [0.15, 0.2) is 0 Å². The lowest BCUT2D eigenvalue weighted by Crippen LogP contribution is -2.33. The molecule has 2 aromatic rings. The highest BCUT2D eigenvalue weighted by atomic mass is 35.5. The third-order valence-corrected chi connectivity index (χ3v) is 3.18. The fraction of sp³-hybridized carbons (Fsp3) is 0.545. The first-order valence-electron chi connectivity index (χ1n) is 5.68. The summed E-state index contributed by atoms with van der Waals surface area (Å²) in [6.07, 6.45) is 1.50. The summed E-state index contributed by atoms with van der Waals surface area (Å²) in [7, 11) is 0. The van der Waals surface area contributed by atoms with Crippen LogP contribution in [-0.2, 0) is 0 Å². The van der Waals surface area contributed by atoms with E-state index in [-0.39, 0.29) is 0 Å². The van der Waals surface area contributed by atoms with Crippen LogP contribution in [0.5, 0.6) is 0 Å². The number of hydrogen-bond donors (Lipinski definition) is 0. The Bertz CT molecular complexity index is 534. The van der Waals surface area contributed by atoms with Gasteiger partial charge in [0.25, 0.3) is 5.78 Å². The minimum atomic E-state index is 0.365. The van der Waals surface area contributed by atoms with E-state index in [0.717, 1.165) is 17.9 Å². The molecular formula is C11H16ClN5. The second-order valence-corrected chi connectivity index (χ2v) is 4.56. The van der Waals surface area contributed by atoms with E-state index in [9.17, 15) is 0 Å². The van der Waals surface area contributed by atoms with Gasteiger partial charge in [0.2, 0.25) is 0 Å². The van der Waals surface area contributed by atoms with Gasteiger partial charge in [-0.25, -0.2) is 0 Å². The summed E-state index contributed by atoms with van der Waals surface area (Å²) in [5.41, 5.74) is 0.931. The van der Waals surface area contributed by atoms with E-state index in [0.29, 0.717) is 17.0 Å². The molecule has 0 aliphatic heterocycles. The van der Waals surface area contributed by atoms with E-state index in [1.54, 1.807) is 4.52 Å². The molecule has 6 heteroatoms. The van der Waals surface area contributed by atoms with E-state index in [1.807, 2.05) is 6.92 Å². The Morgan fingerprint density at radius 1 is 1.47 bits per heavy atom. The molecule has 2 aromatic heterocycles. The van der Waals surface area contributed by atoms with E-state index in [2.05, 4.69) is 40.7 Å². The smallest absolute Gasteiger partial charge is 0.255 e. The standard InChI is InChI=1S/C11H16ClN5/c1-5-16(7(2)3)10-8(4)9(12)15-11-13-6-14-17(10)11/h6-7H,5H2,1-4H3. The molecule has 0 aliphatic rings. The molecule has 0 saturated heterocycles. The number of anilines is 1. The molecule has 0 bridgehead atoms. The molecule has 2 heterocycles. The van der Waals surface area contributed by atoms with Crippen molar-refractivity contribution in [1.82, 2.24) is 19.6 Å². The normalized spacial score (nSPS) is 11.4. The quantitative estimate of drug-likeness (QED) is 0.788. The lowest BCUT2D eigenvalue weighted by atomic mass is 10.2. The van der Waals surface area contributed by atoms with Gasteiger partial charge < -0.3 is 4.90 Å². The molecule has 0 unspecified atom stereocenters. The molecule has 0 radical (unpaired) electrons. The Labute approximate surface area is 105 Å². The highest BCUT2D eigenvalue weighted by Crippen LogP contribution is 2.26. The average Bonchev–Trinajstić information content (AvgIpc) is 2.71. The fourth-order valence-corrected chi connectivity index (χ4v) is 2.14. The SMILES string of the molecule is CCN(c1c(C)c(Cl)nc2ncnn12)C(C)C. The van der Waals surface area contributed by atoms with Gasteiger partial charge in [-0.1, -0.05) is 11.6 Å². The minimum Gasteiger partial charge on any atom is -0.354 e. The number of rotatable bonds is 3. The number of nitrogens with zero attached hydrogens (tertiary/aromatic N) is 5. The van der Waals surface area contributed by atoms with Crippen LogP contribution in [0, 0.1) is 6.92 Å². The average molecular weight is 254 g/mol. The molecule has 0 fully saturated rings. The predicted molar refractivity (Wildman–Crippen MR) is 68.7 cm³/mol. The summed E-state index contributed by atoms with van der Waals surface area (Å²) >= 11 is 6.14. The molecule has 5 nitrogen and oxygen atoms in total. The van der Waals surface area contributed by atoms with Gasteiger partial charge in [-0.05, 0) is 27.7 Å². The van der Waals surface area contributed by atoms with E-state index < -0.39 is 0 Å². The highest BCUT2D eigenvalue weighted by Gasteiger charge is 2.19.